The summed E-state index contributed by atoms with van der Waals surface area (Å²) in [6, 6.07) is 17.2. The average molecular weight is 610 g/mol. The number of carbonyl (C=O) groups excluding carboxylic acids is 5. The van der Waals surface area contributed by atoms with E-state index in [2.05, 4.69) is 10.6 Å². The lowest BCUT2D eigenvalue weighted by Gasteiger charge is -2.41. The van der Waals surface area contributed by atoms with Gasteiger partial charge in [0, 0.05) is 19.5 Å². The number of esters is 1. The first-order valence-corrected chi connectivity index (χ1v) is 14.5. The maximum Gasteiger partial charge on any atom is 0.408 e. The molecule has 2 aromatic rings. The van der Waals surface area contributed by atoms with Gasteiger partial charge >= 0.3 is 12.1 Å². The molecule has 2 N–H and O–H groups in total. The normalized spacial score (nSPS) is 17.8. The number of methoxy groups -OCH3 is 1. The number of alkyl carbamates (subject to hydrolysis) is 1. The van der Waals surface area contributed by atoms with E-state index < -0.39 is 46.5 Å². The summed E-state index contributed by atoms with van der Waals surface area (Å²) in [7, 11) is 1.21. The van der Waals surface area contributed by atoms with Gasteiger partial charge in [-0.3, -0.25) is 19.2 Å². The van der Waals surface area contributed by atoms with Gasteiger partial charge in [0.25, 0.3) is 0 Å². The minimum Gasteiger partial charge on any atom is -0.468 e. The van der Waals surface area contributed by atoms with Gasteiger partial charge in [-0.15, -0.1) is 0 Å². The zero-order valence-electron chi connectivity index (χ0n) is 26.3. The van der Waals surface area contributed by atoms with Crippen LogP contribution in [0.3, 0.4) is 0 Å². The van der Waals surface area contributed by atoms with Crippen LogP contribution < -0.4 is 10.6 Å². The topological polar surface area (TPSA) is 140 Å². The van der Waals surface area contributed by atoms with Gasteiger partial charge in [0.15, 0.2) is 5.78 Å². The van der Waals surface area contributed by atoms with Crippen molar-refractivity contribution in [2.24, 2.45) is 5.41 Å². The van der Waals surface area contributed by atoms with Crippen LogP contribution in [0.25, 0.3) is 0 Å². The van der Waals surface area contributed by atoms with Crippen molar-refractivity contribution in [3.8, 4) is 0 Å². The number of ketones is 1. The Kier molecular flexibility index (Phi) is 11.3. The molecule has 1 fully saturated rings. The van der Waals surface area contributed by atoms with Gasteiger partial charge in [0.05, 0.1) is 20.3 Å². The summed E-state index contributed by atoms with van der Waals surface area (Å²) in [5, 5.41) is 5.26. The second kappa shape index (κ2) is 14.5. The second-order valence-corrected chi connectivity index (χ2v) is 12.4. The SMILES string of the molecule is COC(=O)[C@@]1(Cc2ccccc2)CN(C(=O)[C@@H](COCc2ccccc2)NC(=O)C(C)(C)NC(=O)OC(C)(C)C)CCC1=O. The highest BCUT2D eigenvalue weighted by Crippen LogP contribution is 2.33. The maximum atomic E-state index is 14.0. The van der Waals surface area contributed by atoms with Crippen LogP contribution in [-0.2, 0) is 46.4 Å². The lowest BCUT2D eigenvalue weighted by molar-refractivity contribution is -0.164. The van der Waals surface area contributed by atoms with Gasteiger partial charge in [-0.25, -0.2) is 4.79 Å². The van der Waals surface area contributed by atoms with Crippen molar-refractivity contribution < 1.29 is 38.2 Å². The number of nitrogens with zero attached hydrogens (tertiary/aromatic N) is 1. The molecule has 1 aliphatic rings. The van der Waals surface area contributed by atoms with Crippen LogP contribution >= 0.6 is 0 Å². The Morgan fingerprint density at radius 2 is 1.52 bits per heavy atom. The molecule has 0 unspecified atom stereocenters. The number of piperidine rings is 1. The van der Waals surface area contributed by atoms with Crippen molar-refractivity contribution in [3.05, 3.63) is 71.8 Å². The zero-order chi connectivity index (χ0) is 32.5. The number of ether oxygens (including phenoxy) is 3. The highest BCUT2D eigenvalue weighted by Gasteiger charge is 2.51. The molecule has 1 saturated heterocycles. The molecule has 0 aromatic heterocycles. The molecule has 2 atom stereocenters. The molecule has 11 nitrogen and oxygen atoms in total. The summed E-state index contributed by atoms with van der Waals surface area (Å²) in [6.45, 7) is 7.89. The summed E-state index contributed by atoms with van der Waals surface area (Å²) in [4.78, 5) is 67.8. The van der Waals surface area contributed by atoms with Gasteiger partial charge in [-0.2, -0.15) is 0 Å². The summed E-state index contributed by atoms with van der Waals surface area (Å²) < 4.78 is 16.2. The molecule has 0 spiro atoms. The van der Waals surface area contributed by atoms with Gasteiger partial charge in [-0.05, 0) is 52.2 Å². The Morgan fingerprint density at radius 3 is 2.09 bits per heavy atom. The van der Waals surface area contributed by atoms with Crippen LogP contribution in [0.15, 0.2) is 60.7 Å². The fourth-order valence-electron chi connectivity index (χ4n) is 4.92. The lowest BCUT2D eigenvalue weighted by Crippen LogP contribution is -2.63. The van der Waals surface area contributed by atoms with Crippen LogP contribution in [0.1, 0.15) is 52.2 Å². The Hall–Kier alpha value is -4.25. The fraction of sp³-hybridized carbons (Fsp3) is 0.485. The number of benzene rings is 2. The molecule has 0 aliphatic carbocycles. The molecular formula is C33H43N3O8. The van der Waals surface area contributed by atoms with E-state index in [0.29, 0.717) is 0 Å². The van der Waals surface area contributed by atoms with Gasteiger partial charge in [0.1, 0.15) is 22.6 Å². The van der Waals surface area contributed by atoms with Crippen molar-refractivity contribution in [2.75, 3.05) is 26.8 Å². The van der Waals surface area contributed by atoms with Crippen LogP contribution in [-0.4, -0.2) is 78.5 Å². The van der Waals surface area contributed by atoms with Crippen LogP contribution in [0, 0.1) is 5.41 Å². The quantitative estimate of drug-likeness (QED) is 0.293. The standard InChI is InChI=1S/C33H43N3O8/c1-31(2,3)44-30(41)35-32(4,5)28(39)34-25(21-43-20-24-15-11-8-12-16-24)27(38)36-18-17-26(37)33(22-36,29(40)42-6)19-23-13-9-7-10-14-23/h7-16,25H,17-22H2,1-6H3,(H,34,39)(H,35,41)/t25-,33+/m1/s1. The van der Waals surface area contributed by atoms with E-state index in [1.165, 1.54) is 25.9 Å². The van der Waals surface area contributed by atoms with Crippen molar-refractivity contribution in [1.29, 1.82) is 0 Å². The van der Waals surface area contributed by atoms with Gasteiger partial charge < -0.3 is 29.7 Å². The zero-order valence-corrected chi connectivity index (χ0v) is 26.3. The summed E-state index contributed by atoms with van der Waals surface area (Å²) in [6.07, 6.45) is -0.804. The molecule has 3 rings (SSSR count). The third-order valence-corrected chi connectivity index (χ3v) is 7.22. The molecule has 11 heteroatoms. The highest BCUT2D eigenvalue weighted by molar-refractivity contribution is 6.06. The molecule has 0 radical (unpaired) electrons. The molecule has 3 amide bonds. The first-order valence-electron chi connectivity index (χ1n) is 14.5. The number of hydrogen-bond acceptors (Lipinski definition) is 8. The minimum absolute atomic E-state index is 0.0514. The third kappa shape index (κ3) is 9.12. The van der Waals surface area contributed by atoms with E-state index in [9.17, 15) is 24.0 Å². The first-order chi connectivity index (χ1) is 20.7. The predicted molar refractivity (Wildman–Crippen MR) is 162 cm³/mol. The molecule has 0 bridgehead atoms. The number of Topliss-reactive ketones (excluding diaryl/α,β-unsaturated/α-hetero) is 1. The fourth-order valence-corrected chi connectivity index (χ4v) is 4.92. The number of amides is 3. The van der Waals surface area contributed by atoms with Gasteiger partial charge in [-0.1, -0.05) is 60.7 Å². The smallest absolute Gasteiger partial charge is 0.408 e. The Bertz CT molecular complexity index is 1310. The number of likely N-dealkylation sites (tertiary alicyclic amines) is 1. The molecule has 1 heterocycles. The van der Waals surface area contributed by atoms with Crippen LogP contribution in [0.2, 0.25) is 0 Å². The molecule has 238 valence electrons. The average Bonchev–Trinajstić information content (AvgIpc) is 2.96. The van der Waals surface area contributed by atoms with Gasteiger partial charge in [0.2, 0.25) is 11.8 Å². The first kappa shape index (κ1) is 34.2. The van der Waals surface area contributed by atoms with E-state index >= 15 is 0 Å². The second-order valence-electron chi connectivity index (χ2n) is 12.4. The Labute approximate surface area is 258 Å². The van der Waals surface area contributed by atoms with Crippen LogP contribution in [0.5, 0.6) is 0 Å². The monoisotopic (exact) mass is 609 g/mol. The van der Waals surface area contributed by atoms with E-state index in [0.717, 1.165) is 11.1 Å². The van der Waals surface area contributed by atoms with Crippen molar-refractivity contribution in [2.45, 2.75) is 71.2 Å². The summed E-state index contributed by atoms with van der Waals surface area (Å²) >= 11 is 0. The maximum absolute atomic E-state index is 14.0. The summed E-state index contributed by atoms with van der Waals surface area (Å²) in [5.41, 5.74) is -2.24. The Balaban J connectivity index is 1.85. The van der Waals surface area contributed by atoms with E-state index in [1.54, 1.807) is 45.0 Å². The summed E-state index contributed by atoms with van der Waals surface area (Å²) in [5.74, 6) is -2.23. The molecule has 2 aromatic carbocycles. The molecule has 44 heavy (non-hydrogen) atoms. The number of hydrogen-bond donors (Lipinski definition) is 2. The minimum atomic E-state index is -1.61. The van der Waals surface area contributed by atoms with Crippen molar-refractivity contribution in [3.63, 3.8) is 0 Å². The molecule has 1 aliphatic heterocycles. The predicted octanol–water partition coefficient (Wildman–Crippen LogP) is 3.19. The molecule has 0 saturated carbocycles. The highest BCUT2D eigenvalue weighted by atomic mass is 16.6. The largest absolute Gasteiger partial charge is 0.468 e. The number of nitrogens with one attached hydrogen (secondary N) is 2. The number of rotatable bonds is 11. The van der Waals surface area contributed by atoms with Crippen LogP contribution in [0.4, 0.5) is 4.79 Å². The van der Waals surface area contributed by atoms with E-state index in [1.807, 2.05) is 36.4 Å². The molecular weight excluding hydrogens is 566 g/mol. The van der Waals surface area contributed by atoms with Crippen molar-refractivity contribution in [1.82, 2.24) is 15.5 Å². The number of carbonyl (C=O) groups is 5. The lowest BCUT2D eigenvalue weighted by atomic mass is 9.73. The van der Waals surface area contributed by atoms with E-state index in [-0.39, 0.29) is 44.9 Å². The van der Waals surface area contributed by atoms with Crippen molar-refractivity contribution >= 4 is 29.7 Å². The Morgan fingerprint density at radius 1 is 0.932 bits per heavy atom. The third-order valence-electron chi connectivity index (χ3n) is 7.22. The van der Waals surface area contributed by atoms with E-state index in [4.69, 9.17) is 14.2 Å².